The van der Waals surface area contributed by atoms with Crippen LogP contribution in [0.3, 0.4) is 0 Å². The summed E-state index contributed by atoms with van der Waals surface area (Å²) in [5.74, 6) is -0.319. The van der Waals surface area contributed by atoms with Crippen molar-refractivity contribution < 1.29 is 13.2 Å². The quantitative estimate of drug-likeness (QED) is 0.428. The van der Waals surface area contributed by atoms with E-state index in [-0.39, 0.29) is 17.3 Å². The van der Waals surface area contributed by atoms with Gasteiger partial charge >= 0.3 is 0 Å². The third-order valence-corrected chi connectivity index (χ3v) is 8.26. The van der Waals surface area contributed by atoms with Crippen LogP contribution < -0.4 is 5.32 Å². The molecule has 0 unspecified atom stereocenters. The molecule has 2 aromatic carbocycles. The van der Waals surface area contributed by atoms with Crippen molar-refractivity contribution in [2.45, 2.75) is 37.2 Å². The summed E-state index contributed by atoms with van der Waals surface area (Å²) in [5.41, 5.74) is 2.77. The first kappa shape index (κ1) is 23.2. The van der Waals surface area contributed by atoms with Crippen LogP contribution in [0.25, 0.3) is 11.0 Å². The van der Waals surface area contributed by atoms with Crippen LogP contribution in [-0.4, -0.2) is 46.5 Å². The number of amides is 1. The summed E-state index contributed by atoms with van der Waals surface area (Å²) in [5, 5.41) is 8.04. The highest BCUT2D eigenvalue weighted by atomic mass is 32.2. The van der Waals surface area contributed by atoms with Gasteiger partial charge in [-0.3, -0.25) is 4.79 Å². The van der Waals surface area contributed by atoms with E-state index in [0.717, 1.165) is 30.2 Å². The first-order chi connectivity index (χ1) is 17.0. The van der Waals surface area contributed by atoms with Crippen LogP contribution in [0.5, 0.6) is 0 Å². The summed E-state index contributed by atoms with van der Waals surface area (Å²) in [6, 6.07) is 18.6. The first-order valence-electron chi connectivity index (χ1n) is 11.7. The maximum Gasteiger partial charge on any atom is 0.253 e. The number of nitrogens with one attached hydrogen (secondary N) is 1. The molecule has 0 bridgehead atoms. The predicted octanol–water partition coefficient (Wildman–Crippen LogP) is 3.58. The number of carbonyl (C=O) groups is 1. The second-order valence-corrected chi connectivity index (χ2v) is 10.6. The lowest BCUT2D eigenvalue weighted by Gasteiger charge is -2.26. The van der Waals surface area contributed by atoms with Crippen LogP contribution >= 0.6 is 0 Å². The molecule has 0 atom stereocenters. The number of pyridine rings is 1. The number of hydrogen-bond acceptors (Lipinski definition) is 5. The molecule has 0 saturated carbocycles. The molecule has 1 N–H and O–H groups in total. The van der Waals surface area contributed by atoms with Crippen molar-refractivity contribution in [3.8, 4) is 0 Å². The van der Waals surface area contributed by atoms with E-state index in [1.54, 1.807) is 45.5 Å². The van der Waals surface area contributed by atoms with Crippen molar-refractivity contribution in [2.24, 2.45) is 0 Å². The maximum atomic E-state index is 13.2. The monoisotopic (exact) mass is 489 g/mol. The van der Waals surface area contributed by atoms with Gasteiger partial charge in [0.15, 0.2) is 5.65 Å². The Morgan fingerprint density at radius 3 is 2.49 bits per heavy atom. The minimum atomic E-state index is -3.60. The second kappa shape index (κ2) is 9.97. The summed E-state index contributed by atoms with van der Waals surface area (Å²) in [4.78, 5) is 17.6. The lowest BCUT2D eigenvalue weighted by Crippen LogP contribution is -2.36. The standard InChI is InChI=1S/C26H27N5O3S/c32-26(23-15-22-18-29-31(25(22)27-17-23)19-20-9-3-1-4-10-20)28-16-21-11-5-6-12-24(21)35(33,34)30-13-7-2-8-14-30/h1,3-6,9-12,15,17-18H,2,7-8,13-14,16,19H2,(H,28,32). The number of fused-ring (bicyclic) bond motifs is 1. The van der Waals surface area contributed by atoms with Crippen molar-refractivity contribution in [2.75, 3.05) is 13.1 Å². The van der Waals surface area contributed by atoms with E-state index < -0.39 is 10.0 Å². The fourth-order valence-electron chi connectivity index (χ4n) is 4.39. The number of rotatable bonds is 7. The molecular weight excluding hydrogens is 462 g/mol. The number of carbonyl (C=O) groups excluding carboxylic acids is 1. The van der Waals surface area contributed by atoms with E-state index in [1.807, 2.05) is 30.3 Å². The third-order valence-electron chi connectivity index (χ3n) is 6.26. The normalized spacial score (nSPS) is 14.7. The van der Waals surface area contributed by atoms with E-state index in [1.165, 1.54) is 6.20 Å². The first-order valence-corrected chi connectivity index (χ1v) is 13.2. The number of nitrogens with zero attached hydrogens (tertiary/aromatic N) is 4. The third kappa shape index (κ3) is 4.96. The van der Waals surface area contributed by atoms with Crippen molar-refractivity contribution in [3.05, 3.63) is 89.7 Å². The van der Waals surface area contributed by atoms with Crippen LogP contribution in [0.4, 0.5) is 0 Å². The van der Waals surface area contributed by atoms with E-state index in [9.17, 15) is 13.2 Å². The minimum absolute atomic E-state index is 0.105. The van der Waals surface area contributed by atoms with E-state index >= 15 is 0 Å². The molecule has 8 nitrogen and oxygen atoms in total. The lowest BCUT2D eigenvalue weighted by atomic mass is 10.2. The van der Waals surface area contributed by atoms with Gasteiger partial charge in [0.05, 0.1) is 23.2 Å². The van der Waals surface area contributed by atoms with Crippen LogP contribution in [-0.2, 0) is 23.1 Å². The molecule has 9 heteroatoms. The molecule has 1 saturated heterocycles. The molecule has 35 heavy (non-hydrogen) atoms. The number of aromatic nitrogens is 3. The Balaban J connectivity index is 1.31. The van der Waals surface area contributed by atoms with Gasteiger partial charge in [0.1, 0.15) is 0 Å². The highest BCUT2D eigenvalue weighted by Gasteiger charge is 2.28. The zero-order valence-electron chi connectivity index (χ0n) is 19.3. The van der Waals surface area contributed by atoms with E-state index in [2.05, 4.69) is 15.4 Å². The zero-order valence-corrected chi connectivity index (χ0v) is 20.1. The molecule has 1 fully saturated rings. The fourth-order valence-corrected chi connectivity index (χ4v) is 6.13. The lowest BCUT2D eigenvalue weighted by molar-refractivity contribution is 0.0950. The highest BCUT2D eigenvalue weighted by molar-refractivity contribution is 7.89. The summed E-state index contributed by atoms with van der Waals surface area (Å²) >= 11 is 0. The molecule has 5 rings (SSSR count). The second-order valence-electron chi connectivity index (χ2n) is 8.68. The van der Waals surface area contributed by atoms with Gasteiger partial charge in [0, 0.05) is 31.2 Å². The number of piperidine rings is 1. The molecule has 2 aromatic heterocycles. The largest absolute Gasteiger partial charge is 0.348 e. The summed E-state index contributed by atoms with van der Waals surface area (Å²) in [6.45, 7) is 1.76. The van der Waals surface area contributed by atoms with Crippen molar-refractivity contribution in [3.63, 3.8) is 0 Å². The fraction of sp³-hybridized carbons (Fsp3) is 0.269. The molecular formula is C26H27N5O3S. The molecule has 0 spiro atoms. The molecule has 3 heterocycles. The molecule has 0 aliphatic carbocycles. The van der Waals surface area contributed by atoms with Gasteiger partial charge in [-0.2, -0.15) is 9.40 Å². The number of sulfonamides is 1. The van der Waals surface area contributed by atoms with Crippen molar-refractivity contribution >= 4 is 27.0 Å². The molecule has 1 aliphatic rings. The van der Waals surface area contributed by atoms with Crippen LogP contribution in [0.15, 0.2) is 78.0 Å². The Labute approximate surface area is 204 Å². The Kier molecular flexibility index (Phi) is 6.61. The Morgan fingerprint density at radius 2 is 1.69 bits per heavy atom. The number of benzene rings is 2. The van der Waals surface area contributed by atoms with Gasteiger partial charge in [-0.1, -0.05) is 55.0 Å². The summed E-state index contributed by atoms with van der Waals surface area (Å²) in [7, 11) is -3.60. The van der Waals surface area contributed by atoms with Gasteiger partial charge in [-0.15, -0.1) is 0 Å². The predicted molar refractivity (Wildman–Crippen MR) is 133 cm³/mol. The van der Waals surface area contributed by atoms with E-state index in [0.29, 0.717) is 36.4 Å². The summed E-state index contributed by atoms with van der Waals surface area (Å²) < 4.78 is 29.7. The molecule has 4 aromatic rings. The Bertz CT molecular complexity index is 1440. The molecule has 1 amide bonds. The van der Waals surface area contributed by atoms with Gasteiger partial charge in [0.25, 0.3) is 5.91 Å². The SMILES string of the molecule is O=C(NCc1ccccc1S(=O)(=O)N1CCCCC1)c1cnc2c(cnn2Cc2ccccc2)c1. The Morgan fingerprint density at radius 1 is 0.943 bits per heavy atom. The van der Waals surface area contributed by atoms with Crippen molar-refractivity contribution in [1.82, 2.24) is 24.4 Å². The van der Waals surface area contributed by atoms with Gasteiger partial charge in [0.2, 0.25) is 10.0 Å². The summed E-state index contributed by atoms with van der Waals surface area (Å²) in [6.07, 6.45) is 6.01. The van der Waals surface area contributed by atoms with Crippen LogP contribution in [0, 0.1) is 0 Å². The zero-order chi connectivity index (χ0) is 24.3. The van der Waals surface area contributed by atoms with Crippen LogP contribution in [0.2, 0.25) is 0 Å². The van der Waals surface area contributed by atoms with Crippen LogP contribution in [0.1, 0.15) is 40.7 Å². The minimum Gasteiger partial charge on any atom is -0.348 e. The maximum absolute atomic E-state index is 13.2. The average Bonchev–Trinajstić information content (AvgIpc) is 3.30. The number of hydrogen-bond donors (Lipinski definition) is 1. The molecule has 1 aliphatic heterocycles. The van der Waals surface area contributed by atoms with Gasteiger partial charge in [-0.25, -0.2) is 18.1 Å². The molecule has 0 radical (unpaired) electrons. The average molecular weight is 490 g/mol. The van der Waals surface area contributed by atoms with E-state index in [4.69, 9.17) is 0 Å². The topological polar surface area (TPSA) is 97.2 Å². The highest BCUT2D eigenvalue weighted by Crippen LogP contribution is 2.24. The van der Waals surface area contributed by atoms with Gasteiger partial charge < -0.3 is 5.32 Å². The van der Waals surface area contributed by atoms with Crippen molar-refractivity contribution in [1.29, 1.82) is 0 Å². The Hall–Kier alpha value is -3.56. The smallest absolute Gasteiger partial charge is 0.253 e. The molecule has 180 valence electrons. The van der Waals surface area contributed by atoms with Gasteiger partial charge in [-0.05, 0) is 36.1 Å².